The van der Waals surface area contributed by atoms with Crippen molar-refractivity contribution in [2.75, 3.05) is 0 Å². The topological polar surface area (TPSA) is 42.4 Å². The summed E-state index contributed by atoms with van der Waals surface area (Å²) in [4.78, 5) is 4.26. The molecule has 1 fully saturated rings. The Kier molecular flexibility index (Phi) is 6.20. The van der Waals surface area contributed by atoms with Crippen LogP contribution in [0.15, 0.2) is 66.7 Å². The second kappa shape index (κ2) is 9.12. The lowest BCUT2D eigenvalue weighted by molar-refractivity contribution is -0.0565. The van der Waals surface area contributed by atoms with Gasteiger partial charge in [0.1, 0.15) is 10.9 Å². The molecule has 3 atom stereocenters. The average Bonchev–Trinajstić information content (AvgIpc) is 2.80. The number of aliphatic hydroxyl groups is 1. The van der Waals surface area contributed by atoms with Crippen molar-refractivity contribution in [3.05, 3.63) is 88.6 Å². The van der Waals surface area contributed by atoms with E-state index < -0.39 is 5.60 Å². The molecule has 3 aromatic rings. The molecular formula is C29H32ClNO2. The Balaban J connectivity index is 1.50. The Bertz CT molecular complexity index is 1120. The van der Waals surface area contributed by atoms with Gasteiger partial charge in [-0.3, -0.25) is 0 Å². The van der Waals surface area contributed by atoms with Crippen LogP contribution in [0.1, 0.15) is 62.1 Å². The van der Waals surface area contributed by atoms with Crippen LogP contribution < -0.4 is 4.74 Å². The normalized spacial score (nSPS) is 26.3. The minimum atomic E-state index is -0.515. The molecule has 0 spiro atoms. The molecule has 1 N–H and O–H groups in total. The van der Waals surface area contributed by atoms with E-state index >= 15 is 0 Å². The average molecular weight is 462 g/mol. The number of pyridine rings is 1. The summed E-state index contributed by atoms with van der Waals surface area (Å²) >= 11 is 6.03. The summed E-state index contributed by atoms with van der Waals surface area (Å²) in [5, 5.41) is 11.8. The number of hydrogen-bond donors (Lipinski definition) is 1. The Morgan fingerprint density at radius 3 is 2.70 bits per heavy atom. The Morgan fingerprint density at radius 1 is 1.06 bits per heavy atom. The fraction of sp³-hybridized carbons (Fsp3) is 0.414. The van der Waals surface area contributed by atoms with Gasteiger partial charge >= 0.3 is 0 Å². The monoisotopic (exact) mass is 461 g/mol. The highest BCUT2D eigenvalue weighted by Gasteiger charge is 2.51. The van der Waals surface area contributed by atoms with E-state index in [1.54, 1.807) is 6.07 Å². The van der Waals surface area contributed by atoms with Crippen LogP contribution in [0.3, 0.4) is 0 Å². The zero-order chi connectivity index (χ0) is 22.9. The number of aryl methyl sites for hydroxylation is 1. The zero-order valence-corrected chi connectivity index (χ0v) is 20.0. The van der Waals surface area contributed by atoms with Crippen molar-refractivity contribution in [1.82, 2.24) is 4.98 Å². The van der Waals surface area contributed by atoms with E-state index in [2.05, 4.69) is 60.4 Å². The molecule has 1 aromatic heterocycles. The predicted octanol–water partition coefficient (Wildman–Crippen LogP) is 7.29. The highest BCUT2D eigenvalue weighted by Crippen LogP contribution is 2.55. The number of benzene rings is 2. The summed E-state index contributed by atoms with van der Waals surface area (Å²) in [7, 11) is 0. The fourth-order valence-electron chi connectivity index (χ4n) is 6.35. The number of hydrogen-bond acceptors (Lipinski definition) is 3. The predicted molar refractivity (Wildman–Crippen MR) is 133 cm³/mol. The molecule has 1 saturated carbocycles. The fourth-order valence-corrected chi connectivity index (χ4v) is 6.51. The van der Waals surface area contributed by atoms with Gasteiger partial charge < -0.3 is 9.84 Å². The number of aromatic nitrogens is 1. The van der Waals surface area contributed by atoms with Crippen LogP contribution in [0.25, 0.3) is 0 Å². The van der Waals surface area contributed by atoms with Crippen molar-refractivity contribution in [2.24, 2.45) is 5.92 Å². The second-order valence-corrected chi connectivity index (χ2v) is 10.3. The molecule has 0 amide bonds. The maximum absolute atomic E-state index is 11.3. The van der Waals surface area contributed by atoms with Crippen LogP contribution in [-0.4, -0.2) is 15.7 Å². The first-order valence-electron chi connectivity index (χ1n) is 12.2. The maximum atomic E-state index is 11.3. The summed E-state index contributed by atoms with van der Waals surface area (Å²) in [5.74, 6) is 1.80. The second-order valence-electron chi connectivity index (χ2n) is 9.95. The highest BCUT2D eigenvalue weighted by atomic mass is 35.5. The first-order chi connectivity index (χ1) is 16.0. The lowest BCUT2D eigenvalue weighted by Gasteiger charge is -2.53. The first kappa shape index (κ1) is 22.4. The molecule has 5 rings (SSSR count). The third-order valence-electron chi connectivity index (χ3n) is 7.81. The van der Waals surface area contributed by atoms with Crippen molar-refractivity contribution in [3.8, 4) is 11.6 Å². The molecule has 1 heterocycles. The molecule has 2 aromatic carbocycles. The van der Waals surface area contributed by atoms with Crippen LogP contribution in [0, 0.1) is 5.92 Å². The number of nitrogens with zero attached hydrogens (tertiary/aromatic N) is 1. The van der Waals surface area contributed by atoms with E-state index in [9.17, 15) is 5.11 Å². The van der Waals surface area contributed by atoms with Crippen molar-refractivity contribution in [2.45, 2.75) is 69.3 Å². The van der Waals surface area contributed by atoms with Crippen LogP contribution >= 0.6 is 11.6 Å². The Hall–Kier alpha value is -2.36. The smallest absolute Gasteiger partial charge is 0.220 e. The highest BCUT2D eigenvalue weighted by molar-refractivity contribution is 6.29. The van der Waals surface area contributed by atoms with Crippen LogP contribution in [0.2, 0.25) is 5.15 Å². The molecule has 3 nitrogen and oxygen atoms in total. The van der Waals surface area contributed by atoms with Crippen molar-refractivity contribution in [3.63, 3.8) is 0 Å². The summed E-state index contributed by atoms with van der Waals surface area (Å²) in [5.41, 5.74) is 3.72. The van der Waals surface area contributed by atoms with E-state index in [1.807, 2.05) is 12.1 Å². The first-order valence-corrected chi connectivity index (χ1v) is 12.6. The standard InChI is InChI=1S/C29H32ClNO2/c1-2-15-28(32)16-17-29(19-21-7-4-3-5-8-21)23(20-28)12-11-22-18-24(13-14-25(22)29)33-27-10-6-9-26(30)31-27/h3-10,13-14,18,23,32H,2,11-12,15-17,19-20H2,1H3/t23-,28-,29+/m1/s1. The number of halogens is 1. The molecule has 0 radical (unpaired) electrons. The van der Waals surface area contributed by atoms with Crippen LogP contribution in [0.4, 0.5) is 0 Å². The molecule has 172 valence electrons. The molecule has 4 heteroatoms. The van der Waals surface area contributed by atoms with Crippen LogP contribution in [-0.2, 0) is 18.3 Å². The van der Waals surface area contributed by atoms with Gasteiger partial charge in [0.2, 0.25) is 5.88 Å². The van der Waals surface area contributed by atoms with Gasteiger partial charge in [0, 0.05) is 11.5 Å². The molecule has 2 aliphatic rings. The largest absolute Gasteiger partial charge is 0.439 e. The van der Waals surface area contributed by atoms with E-state index in [-0.39, 0.29) is 5.41 Å². The quantitative estimate of drug-likeness (QED) is 0.392. The lowest BCUT2D eigenvalue weighted by atomic mass is 9.52. The summed E-state index contributed by atoms with van der Waals surface area (Å²) in [6.07, 6.45) is 7.85. The van der Waals surface area contributed by atoms with Gasteiger partial charge in [-0.05, 0) is 85.8 Å². The van der Waals surface area contributed by atoms with Gasteiger partial charge in [-0.25, -0.2) is 4.98 Å². The van der Waals surface area contributed by atoms with Crippen molar-refractivity contribution >= 4 is 11.6 Å². The van der Waals surface area contributed by atoms with E-state index in [0.717, 1.165) is 57.1 Å². The number of ether oxygens (including phenoxy) is 1. The van der Waals surface area contributed by atoms with Gasteiger partial charge in [-0.15, -0.1) is 0 Å². The van der Waals surface area contributed by atoms with Crippen molar-refractivity contribution in [1.29, 1.82) is 0 Å². The summed E-state index contributed by atoms with van der Waals surface area (Å²) < 4.78 is 6.04. The Morgan fingerprint density at radius 2 is 1.91 bits per heavy atom. The molecule has 33 heavy (non-hydrogen) atoms. The third kappa shape index (κ3) is 4.54. The van der Waals surface area contributed by atoms with E-state index in [0.29, 0.717) is 17.0 Å². The van der Waals surface area contributed by atoms with Gasteiger partial charge in [0.25, 0.3) is 0 Å². The minimum Gasteiger partial charge on any atom is -0.439 e. The molecule has 0 aliphatic heterocycles. The molecule has 0 unspecified atom stereocenters. The third-order valence-corrected chi connectivity index (χ3v) is 8.02. The van der Waals surface area contributed by atoms with E-state index in [1.165, 1.54) is 16.7 Å². The number of fused-ring (bicyclic) bond motifs is 3. The van der Waals surface area contributed by atoms with Gasteiger partial charge in [-0.2, -0.15) is 0 Å². The molecule has 2 aliphatic carbocycles. The Labute approximate surface area is 201 Å². The molecule has 0 bridgehead atoms. The van der Waals surface area contributed by atoms with E-state index in [4.69, 9.17) is 16.3 Å². The maximum Gasteiger partial charge on any atom is 0.220 e. The molecular weight excluding hydrogens is 430 g/mol. The van der Waals surface area contributed by atoms with Gasteiger partial charge in [-0.1, -0.05) is 67.4 Å². The lowest BCUT2D eigenvalue weighted by Crippen LogP contribution is -2.51. The minimum absolute atomic E-state index is 0.0573. The van der Waals surface area contributed by atoms with Crippen LogP contribution in [0.5, 0.6) is 11.6 Å². The van der Waals surface area contributed by atoms with Gasteiger partial charge in [0.05, 0.1) is 5.60 Å². The summed E-state index contributed by atoms with van der Waals surface area (Å²) in [6.45, 7) is 2.18. The van der Waals surface area contributed by atoms with Gasteiger partial charge in [0.15, 0.2) is 0 Å². The number of rotatable bonds is 6. The SMILES string of the molecule is CCC[C@@]1(O)CC[C@@]2(Cc3ccccc3)c3ccc(Oc4cccc(Cl)n4)cc3CC[C@@H]2C1. The zero-order valence-electron chi connectivity index (χ0n) is 19.3. The summed E-state index contributed by atoms with van der Waals surface area (Å²) in [6, 6.07) is 22.8. The molecule has 0 saturated heterocycles. The van der Waals surface area contributed by atoms with Crippen molar-refractivity contribution < 1.29 is 9.84 Å².